The average Bonchev–Trinajstić information content (AvgIpc) is 3.10. The lowest BCUT2D eigenvalue weighted by Gasteiger charge is -2.04. The van der Waals surface area contributed by atoms with Crippen molar-refractivity contribution in [3.05, 3.63) is 52.3 Å². The number of fused-ring (bicyclic) bond motifs is 1. The molecule has 2 N–H and O–H groups in total. The molecular formula is C17H20N4O. The molecule has 5 heteroatoms. The molecule has 3 rings (SSSR count). The zero-order valence-corrected chi connectivity index (χ0v) is 12.9. The summed E-state index contributed by atoms with van der Waals surface area (Å²) in [6.07, 6.45) is 4.61. The summed E-state index contributed by atoms with van der Waals surface area (Å²) in [6.45, 7) is 4.32. The van der Waals surface area contributed by atoms with Crippen molar-refractivity contribution >= 4 is 12.1 Å². The highest BCUT2D eigenvalue weighted by Gasteiger charge is 2.22. The molecule has 0 radical (unpaired) electrons. The lowest BCUT2D eigenvalue weighted by Crippen LogP contribution is -2.19. The number of hydrazone groups is 1. The van der Waals surface area contributed by atoms with Gasteiger partial charge >= 0.3 is 0 Å². The van der Waals surface area contributed by atoms with Crippen LogP contribution in [-0.4, -0.2) is 22.3 Å². The second-order valence-corrected chi connectivity index (χ2v) is 5.90. The molecule has 114 valence electrons. The molecule has 2 aromatic rings. The number of aryl methyl sites for hydroxylation is 1. The van der Waals surface area contributed by atoms with Crippen LogP contribution in [0.15, 0.2) is 29.4 Å². The summed E-state index contributed by atoms with van der Waals surface area (Å²) in [4.78, 5) is 12.1. The van der Waals surface area contributed by atoms with Crippen LogP contribution in [0.1, 0.15) is 59.1 Å². The predicted octanol–water partition coefficient (Wildman–Crippen LogP) is 2.79. The zero-order chi connectivity index (χ0) is 15.5. The van der Waals surface area contributed by atoms with Gasteiger partial charge in [0.05, 0.1) is 6.21 Å². The Kier molecular flexibility index (Phi) is 4.04. The van der Waals surface area contributed by atoms with Crippen LogP contribution in [0.2, 0.25) is 0 Å². The number of hydrogen-bond donors (Lipinski definition) is 2. The number of rotatable bonds is 4. The molecule has 1 heterocycles. The Morgan fingerprint density at radius 3 is 2.82 bits per heavy atom. The van der Waals surface area contributed by atoms with E-state index < -0.39 is 0 Å². The van der Waals surface area contributed by atoms with Crippen LogP contribution in [0.4, 0.5) is 0 Å². The number of nitrogens with one attached hydrogen (secondary N) is 2. The minimum absolute atomic E-state index is 0.255. The molecule has 0 fully saturated rings. The van der Waals surface area contributed by atoms with Gasteiger partial charge in [0.25, 0.3) is 5.91 Å². The SMILES string of the molecule is CC(C)c1ccc(/C=N/NC(=O)c2n[nH]c3c2CCC3)cc1. The summed E-state index contributed by atoms with van der Waals surface area (Å²) in [5.41, 5.74) is 7.38. The van der Waals surface area contributed by atoms with Crippen molar-refractivity contribution in [2.75, 3.05) is 0 Å². The number of aromatic nitrogens is 2. The molecule has 1 amide bonds. The van der Waals surface area contributed by atoms with E-state index in [2.05, 4.69) is 46.7 Å². The van der Waals surface area contributed by atoms with Crippen LogP contribution in [0, 0.1) is 0 Å². The fraction of sp³-hybridized carbons (Fsp3) is 0.353. The third-order valence-electron chi connectivity index (χ3n) is 4.00. The maximum absolute atomic E-state index is 12.1. The van der Waals surface area contributed by atoms with Gasteiger partial charge in [0.2, 0.25) is 0 Å². The van der Waals surface area contributed by atoms with E-state index in [1.807, 2.05) is 12.1 Å². The van der Waals surface area contributed by atoms with Crippen LogP contribution in [-0.2, 0) is 12.8 Å². The highest BCUT2D eigenvalue weighted by Crippen LogP contribution is 2.22. The summed E-state index contributed by atoms with van der Waals surface area (Å²) in [5.74, 6) is 0.252. The number of hydrogen-bond acceptors (Lipinski definition) is 3. The third-order valence-corrected chi connectivity index (χ3v) is 4.00. The van der Waals surface area contributed by atoms with Crippen molar-refractivity contribution in [1.29, 1.82) is 0 Å². The van der Waals surface area contributed by atoms with E-state index in [0.717, 1.165) is 36.1 Å². The number of carbonyl (C=O) groups is 1. The fourth-order valence-electron chi connectivity index (χ4n) is 2.69. The van der Waals surface area contributed by atoms with Gasteiger partial charge in [-0.3, -0.25) is 9.89 Å². The van der Waals surface area contributed by atoms with Crippen molar-refractivity contribution < 1.29 is 4.79 Å². The molecule has 22 heavy (non-hydrogen) atoms. The van der Waals surface area contributed by atoms with E-state index >= 15 is 0 Å². The summed E-state index contributed by atoms with van der Waals surface area (Å²) in [6, 6.07) is 8.15. The average molecular weight is 296 g/mol. The van der Waals surface area contributed by atoms with Crippen LogP contribution < -0.4 is 5.43 Å². The molecule has 0 saturated carbocycles. The lowest BCUT2D eigenvalue weighted by molar-refractivity contribution is 0.0949. The number of H-pyrrole nitrogens is 1. The molecule has 1 aromatic carbocycles. The third kappa shape index (κ3) is 2.93. The highest BCUT2D eigenvalue weighted by molar-refractivity contribution is 5.94. The number of benzene rings is 1. The predicted molar refractivity (Wildman–Crippen MR) is 86.2 cm³/mol. The Hall–Kier alpha value is -2.43. The first-order valence-electron chi connectivity index (χ1n) is 7.64. The quantitative estimate of drug-likeness (QED) is 0.673. The summed E-state index contributed by atoms with van der Waals surface area (Å²) in [7, 11) is 0. The topological polar surface area (TPSA) is 70.1 Å². The van der Waals surface area contributed by atoms with Crippen LogP contribution >= 0.6 is 0 Å². The second-order valence-electron chi connectivity index (χ2n) is 5.90. The van der Waals surface area contributed by atoms with Crippen molar-refractivity contribution in [2.45, 2.75) is 39.0 Å². The molecule has 0 aliphatic heterocycles. The number of aromatic amines is 1. The first-order chi connectivity index (χ1) is 10.6. The Bertz CT molecular complexity index is 698. The molecule has 1 aliphatic rings. The van der Waals surface area contributed by atoms with Gasteiger partial charge in [0.1, 0.15) is 0 Å². The molecule has 0 unspecified atom stereocenters. The van der Waals surface area contributed by atoms with Gasteiger partial charge in [-0.05, 0) is 36.3 Å². The van der Waals surface area contributed by atoms with Gasteiger partial charge < -0.3 is 0 Å². The van der Waals surface area contributed by atoms with Crippen LogP contribution in [0.5, 0.6) is 0 Å². The summed E-state index contributed by atoms with van der Waals surface area (Å²) < 4.78 is 0. The van der Waals surface area contributed by atoms with Crippen molar-refractivity contribution in [1.82, 2.24) is 15.6 Å². The normalized spacial score (nSPS) is 13.8. The first kappa shape index (κ1) is 14.5. The van der Waals surface area contributed by atoms with E-state index in [1.165, 1.54) is 5.56 Å². The maximum atomic E-state index is 12.1. The summed E-state index contributed by atoms with van der Waals surface area (Å²) in [5, 5.41) is 11.0. The summed E-state index contributed by atoms with van der Waals surface area (Å²) >= 11 is 0. The lowest BCUT2D eigenvalue weighted by atomic mass is 10.0. The number of carbonyl (C=O) groups excluding carboxylic acids is 1. The fourth-order valence-corrected chi connectivity index (χ4v) is 2.69. The van der Waals surface area contributed by atoms with Crippen molar-refractivity contribution in [3.8, 4) is 0 Å². The van der Waals surface area contributed by atoms with E-state index in [9.17, 15) is 4.79 Å². The molecule has 0 saturated heterocycles. The monoisotopic (exact) mass is 296 g/mol. The maximum Gasteiger partial charge on any atom is 0.292 e. The molecule has 1 aliphatic carbocycles. The molecule has 0 atom stereocenters. The first-order valence-corrected chi connectivity index (χ1v) is 7.64. The van der Waals surface area contributed by atoms with Crippen molar-refractivity contribution in [3.63, 3.8) is 0 Å². The molecule has 0 bridgehead atoms. The standard InChI is InChI=1S/C17H20N4O/c1-11(2)13-8-6-12(7-9-13)10-18-21-17(22)16-14-4-3-5-15(14)19-20-16/h6-11H,3-5H2,1-2H3,(H,19,20)(H,21,22)/b18-10+. The largest absolute Gasteiger partial charge is 0.292 e. The molecular weight excluding hydrogens is 276 g/mol. The zero-order valence-electron chi connectivity index (χ0n) is 12.9. The van der Waals surface area contributed by atoms with E-state index in [0.29, 0.717) is 11.6 Å². The Morgan fingerprint density at radius 2 is 2.09 bits per heavy atom. The highest BCUT2D eigenvalue weighted by atomic mass is 16.2. The van der Waals surface area contributed by atoms with Crippen LogP contribution in [0.3, 0.4) is 0 Å². The molecule has 0 spiro atoms. The van der Waals surface area contributed by atoms with Gasteiger partial charge in [-0.15, -0.1) is 0 Å². The minimum atomic E-state index is -0.255. The van der Waals surface area contributed by atoms with Crippen molar-refractivity contribution in [2.24, 2.45) is 5.10 Å². The number of nitrogens with zero attached hydrogens (tertiary/aromatic N) is 2. The van der Waals surface area contributed by atoms with Crippen LogP contribution in [0.25, 0.3) is 0 Å². The van der Waals surface area contributed by atoms with E-state index in [-0.39, 0.29) is 5.91 Å². The minimum Gasteiger partial charge on any atom is -0.281 e. The number of amides is 1. The van der Waals surface area contributed by atoms with Gasteiger partial charge in [0.15, 0.2) is 5.69 Å². The Balaban J connectivity index is 1.63. The van der Waals surface area contributed by atoms with E-state index in [4.69, 9.17) is 0 Å². The Labute approximate surface area is 129 Å². The van der Waals surface area contributed by atoms with E-state index in [1.54, 1.807) is 6.21 Å². The molecule has 1 aromatic heterocycles. The van der Waals surface area contributed by atoms with Gasteiger partial charge in [-0.1, -0.05) is 38.1 Å². The molecule has 5 nitrogen and oxygen atoms in total. The van der Waals surface area contributed by atoms with Gasteiger partial charge in [-0.2, -0.15) is 10.2 Å². The Morgan fingerprint density at radius 1 is 1.32 bits per heavy atom. The second kappa shape index (κ2) is 6.13. The van der Waals surface area contributed by atoms with Gasteiger partial charge in [0, 0.05) is 11.3 Å². The smallest absolute Gasteiger partial charge is 0.281 e. The van der Waals surface area contributed by atoms with Gasteiger partial charge in [-0.25, -0.2) is 5.43 Å².